The summed E-state index contributed by atoms with van der Waals surface area (Å²) >= 11 is 0. The third kappa shape index (κ3) is 3.59. The smallest absolute Gasteiger partial charge is 0.478 e. The predicted octanol–water partition coefficient (Wildman–Crippen LogP) is 4.00. The molecule has 2 aromatic rings. The Labute approximate surface area is 131 Å². The van der Waals surface area contributed by atoms with Gasteiger partial charge in [0.15, 0.2) is 0 Å². The van der Waals surface area contributed by atoms with E-state index in [-0.39, 0.29) is 11.1 Å². The summed E-state index contributed by atoms with van der Waals surface area (Å²) in [6, 6.07) is 5.94. The quantitative estimate of drug-likeness (QED) is 0.514. The standard InChI is InChI=1S/C14H7F4NO5/c15-12-9(13(20)21)5-7(6-10(12)19(22)23)8-3-1-2-4-11(8)24-14(16,17)18/h1-6H,(H,20,21). The molecule has 0 aliphatic heterocycles. The van der Waals surface area contributed by atoms with E-state index in [1.165, 1.54) is 12.1 Å². The van der Waals surface area contributed by atoms with E-state index >= 15 is 0 Å². The summed E-state index contributed by atoms with van der Waals surface area (Å²) in [5, 5.41) is 19.8. The lowest BCUT2D eigenvalue weighted by Crippen LogP contribution is -2.17. The summed E-state index contributed by atoms with van der Waals surface area (Å²) in [5.41, 5.74) is -2.80. The second-order valence-electron chi connectivity index (χ2n) is 4.46. The number of carboxylic acids is 1. The normalized spacial score (nSPS) is 11.2. The highest BCUT2D eigenvalue weighted by Gasteiger charge is 2.33. The first kappa shape index (κ1) is 17.2. The van der Waals surface area contributed by atoms with Gasteiger partial charge in [-0.15, -0.1) is 13.2 Å². The number of nitro groups is 1. The topological polar surface area (TPSA) is 89.7 Å². The average molecular weight is 345 g/mol. The Balaban J connectivity index is 2.70. The third-order valence-corrected chi connectivity index (χ3v) is 2.90. The summed E-state index contributed by atoms with van der Waals surface area (Å²) in [4.78, 5) is 20.7. The van der Waals surface area contributed by atoms with Crippen LogP contribution in [0.25, 0.3) is 11.1 Å². The molecule has 0 atom stereocenters. The molecule has 0 unspecified atom stereocenters. The molecule has 0 spiro atoms. The fraction of sp³-hybridized carbons (Fsp3) is 0.0714. The highest BCUT2D eigenvalue weighted by molar-refractivity contribution is 5.91. The van der Waals surface area contributed by atoms with Crippen molar-refractivity contribution in [2.24, 2.45) is 0 Å². The molecule has 10 heteroatoms. The monoisotopic (exact) mass is 345 g/mol. The number of para-hydroxylation sites is 1. The lowest BCUT2D eigenvalue weighted by Gasteiger charge is -2.13. The van der Waals surface area contributed by atoms with Gasteiger partial charge in [-0.1, -0.05) is 18.2 Å². The first-order valence-electron chi connectivity index (χ1n) is 6.16. The van der Waals surface area contributed by atoms with Crippen LogP contribution in [-0.4, -0.2) is 22.4 Å². The van der Waals surface area contributed by atoms with E-state index in [1.807, 2.05) is 0 Å². The van der Waals surface area contributed by atoms with E-state index in [1.54, 1.807) is 0 Å². The molecule has 0 amide bonds. The maximum absolute atomic E-state index is 13.8. The molecule has 2 aromatic carbocycles. The molecule has 0 saturated carbocycles. The van der Waals surface area contributed by atoms with Gasteiger partial charge in [-0.05, 0) is 17.7 Å². The van der Waals surface area contributed by atoms with Crippen LogP contribution in [0.4, 0.5) is 23.2 Å². The maximum atomic E-state index is 13.8. The zero-order chi connectivity index (χ0) is 18.1. The van der Waals surface area contributed by atoms with E-state index in [2.05, 4.69) is 4.74 Å². The summed E-state index contributed by atoms with van der Waals surface area (Å²) in [5.74, 6) is -4.10. The van der Waals surface area contributed by atoms with Gasteiger partial charge in [-0.2, -0.15) is 4.39 Å². The van der Waals surface area contributed by atoms with Gasteiger partial charge >= 0.3 is 18.0 Å². The summed E-state index contributed by atoms with van der Waals surface area (Å²) in [6.45, 7) is 0. The Bertz CT molecular complexity index is 784. The molecular weight excluding hydrogens is 338 g/mol. The molecule has 0 radical (unpaired) electrons. The molecule has 0 aliphatic carbocycles. The minimum Gasteiger partial charge on any atom is -0.478 e. The fourth-order valence-corrected chi connectivity index (χ4v) is 1.97. The summed E-state index contributed by atoms with van der Waals surface area (Å²) in [6.07, 6.45) is -5.03. The van der Waals surface area contributed by atoms with Crippen LogP contribution in [0.5, 0.6) is 5.75 Å². The highest BCUT2D eigenvalue weighted by Crippen LogP contribution is 2.36. The molecule has 0 heterocycles. The van der Waals surface area contributed by atoms with Gasteiger partial charge in [0.05, 0.1) is 4.92 Å². The number of halogens is 4. The zero-order valence-electron chi connectivity index (χ0n) is 11.5. The van der Waals surface area contributed by atoms with Crippen molar-refractivity contribution in [2.45, 2.75) is 6.36 Å². The fourth-order valence-electron chi connectivity index (χ4n) is 1.97. The highest BCUT2D eigenvalue weighted by atomic mass is 19.4. The first-order valence-corrected chi connectivity index (χ1v) is 6.16. The van der Waals surface area contributed by atoms with Crippen molar-refractivity contribution in [3.63, 3.8) is 0 Å². The van der Waals surface area contributed by atoms with Gasteiger partial charge in [0.1, 0.15) is 11.3 Å². The minimum atomic E-state index is -5.03. The maximum Gasteiger partial charge on any atom is 0.573 e. The number of benzene rings is 2. The number of nitrogens with zero attached hydrogens (tertiary/aromatic N) is 1. The van der Waals surface area contributed by atoms with Crippen LogP contribution < -0.4 is 4.74 Å². The Morgan fingerprint density at radius 2 is 1.83 bits per heavy atom. The van der Waals surface area contributed by atoms with E-state index in [4.69, 9.17) is 5.11 Å². The van der Waals surface area contributed by atoms with Crippen LogP contribution in [0.2, 0.25) is 0 Å². The molecule has 2 rings (SSSR count). The van der Waals surface area contributed by atoms with E-state index in [0.717, 1.165) is 12.1 Å². The molecule has 0 bridgehead atoms. The van der Waals surface area contributed by atoms with Crippen molar-refractivity contribution in [3.8, 4) is 16.9 Å². The zero-order valence-corrected chi connectivity index (χ0v) is 11.5. The molecule has 0 fully saturated rings. The lowest BCUT2D eigenvalue weighted by atomic mass is 10.0. The number of hydrogen-bond donors (Lipinski definition) is 1. The van der Waals surface area contributed by atoms with Gasteiger partial charge in [0.25, 0.3) is 0 Å². The van der Waals surface area contributed by atoms with Crippen molar-refractivity contribution in [1.82, 2.24) is 0 Å². The summed E-state index contributed by atoms with van der Waals surface area (Å²) < 4.78 is 54.9. The third-order valence-electron chi connectivity index (χ3n) is 2.90. The molecule has 0 aliphatic rings. The summed E-state index contributed by atoms with van der Waals surface area (Å²) in [7, 11) is 0. The second-order valence-corrected chi connectivity index (χ2v) is 4.46. The Hall–Kier alpha value is -3.17. The second kappa shape index (κ2) is 6.14. The minimum absolute atomic E-state index is 0.277. The van der Waals surface area contributed by atoms with Crippen LogP contribution >= 0.6 is 0 Å². The van der Waals surface area contributed by atoms with Gasteiger partial charge < -0.3 is 9.84 Å². The number of ether oxygens (including phenoxy) is 1. The van der Waals surface area contributed by atoms with E-state index in [9.17, 15) is 32.5 Å². The number of hydrogen-bond acceptors (Lipinski definition) is 4. The Kier molecular flexibility index (Phi) is 4.40. The number of alkyl halides is 3. The first-order chi connectivity index (χ1) is 11.1. The van der Waals surface area contributed by atoms with Crippen LogP contribution in [0, 0.1) is 15.9 Å². The van der Waals surface area contributed by atoms with Crippen molar-refractivity contribution >= 4 is 11.7 Å². The molecule has 0 saturated heterocycles. The Morgan fingerprint density at radius 1 is 1.21 bits per heavy atom. The molecule has 0 aromatic heterocycles. The largest absolute Gasteiger partial charge is 0.573 e. The molecule has 126 valence electrons. The van der Waals surface area contributed by atoms with Crippen LogP contribution in [-0.2, 0) is 0 Å². The number of aromatic carboxylic acids is 1. The van der Waals surface area contributed by atoms with Crippen LogP contribution in [0.15, 0.2) is 36.4 Å². The Morgan fingerprint density at radius 3 is 2.38 bits per heavy atom. The van der Waals surface area contributed by atoms with Gasteiger partial charge in [0.2, 0.25) is 5.82 Å². The van der Waals surface area contributed by atoms with E-state index < -0.39 is 40.1 Å². The number of carboxylic acid groups (broad SMARTS) is 1. The average Bonchev–Trinajstić information content (AvgIpc) is 2.46. The number of nitro benzene ring substituents is 1. The predicted molar refractivity (Wildman–Crippen MR) is 72.1 cm³/mol. The molecular formula is C14H7F4NO5. The SMILES string of the molecule is O=C(O)c1cc(-c2ccccc2OC(F)(F)F)cc([N+](=O)[O-])c1F. The van der Waals surface area contributed by atoms with Gasteiger partial charge in [0, 0.05) is 11.6 Å². The molecule has 6 nitrogen and oxygen atoms in total. The van der Waals surface area contributed by atoms with Crippen molar-refractivity contribution in [1.29, 1.82) is 0 Å². The van der Waals surface area contributed by atoms with Crippen molar-refractivity contribution in [2.75, 3.05) is 0 Å². The van der Waals surface area contributed by atoms with Crippen molar-refractivity contribution in [3.05, 3.63) is 57.9 Å². The van der Waals surface area contributed by atoms with Gasteiger partial charge in [-0.3, -0.25) is 10.1 Å². The van der Waals surface area contributed by atoms with Crippen molar-refractivity contribution < 1.29 is 37.1 Å². The van der Waals surface area contributed by atoms with Crippen LogP contribution in [0.3, 0.4) is 0 Å². The lowest BCUT2D eigenvalue weighted by molar-refractivity contribution is -0.387. The number of rotatable bonds is 4. The van der Waals surface area contributed by atoms with Crippen LogP contribution in [0.1, 0.15) is 10.4 Å². The van der Waals surface area contributed by atoms with Gasteiger partial charge in [-0.25, -0.2) is 4.79 Å². The number of carbonyl (C=O) groups is 1. The molecule has 1 N–H and O–H groups in total. The van der Waals surface area contributed by atoms with E-state index in [0.29, 0.717) is 12.1 Å². The molecule has 24 heavy (non-hydrogen) atoms.